The maximum absolute atomic E-state index is 11.6. The molecule has 5 nitrogen and oxygen atoms in total. The molecule has 0 amide bonds. The van der Waals surface area contributed by atoms with Crippen molar-refractivity contribution in [3.63, 3.8) is 0 Å². The Labute approximate surface area is 138 Å². The largest absolute Gasteiger partial charge is 0.350 e. The van der Waals surface area contributed by atoms with Crippen LogP contribution in [0.5, 0.6) is 0 Å². The molecule has 0 aliphatic carbocycles. The van der Waals surface area contributed by atoms with Crippen LogP contribution >= 0.6 is 0 Å². The van der Waals surface area contributed by atoms with E-state index in [-0.39, 0.29) is 11.8 Å². The van der Waals surface area contributed by atoms with Crippen molar-refractivity contribution >= 4 is 21.5 Å². The smallest absolute Gasteiger partial charge is 0.232 e. The Hall–Kier alpha value is -2.08. The molecule has 1 heterocycles. The Morgan fingerprint density at radius 1 is 1.13 bits per heavy atom. The first-order valence-corrected chi connectivity index (χ1v) is 9.33. The lowest BCUT2D eigenvalue weighted by molar-refractivity contribution is 0.602. The topological polar surface area (TPSA) is 62.3 Å². The minimum atomic E-state index is -3.27. The van der Waals surface area contributed by atoms with Crippen molar-refractivity contribution in [3.8, 4) is 0 Å². The van der Waals surface area contributed by atoms with Gasteiger partial charge in [-0.1, -0.05) is 30.3 Å². The van der Waals surface area contributed by atoms with Crippen LogP contribution in [0, 0.1) is 0 Å². The van der Waals surface area contributed by atoms with Crippen LogP contribution in [0.3, 0.4) is 0 Å². The second-order valence-electron chi connectivity index (χ2n) is 5.62. The van der Waals surface area contributed by atoms with E-state index in [1.54, 1.807) is 19.2 Å². The standard InChI is InChI=1S/C17H23N3O2S/c1-4-23(21,22)19-16-10-11-17(18-12-16)20(14(2)3)13-15-8-6-5-7-9-15/h5-12,14,19H,4,13H2,1-3H3. The van der Waals surface area contributed by atoms with E-state index >= 15 is 0 Å². The quantitative estimate of drug-likeness (QED) is 0.845. The number of anilines is 2. The monoisotopic (exact) mass is 333 g/mol. The molecule has 0 bridgehead atoms. The number of benzene rings is 1. The van der Waals surface area contributed by atoms with Gasteiger partial charge in [-0.2, -0.15) is 0 Å². The lowest BCUT2D eigenvalue weighted by atomic mass is 10.2. The molecule has 6 heteroatoms. The Bertz CT molecular complexity index is 713. The highest BCUT2D eigenvalue weighted by Gasteiger charge is 2.13. The van der Waals surface area contributed by atoms with Crippen molar-refractivity contribution in [2.75, 3.05) is 15.4 Å². The molecule has 1 aromatic carbocycles. The van der Waals surface area contributed by atoms with Gasteiger partial charge in [-0.3, -0.25) is 4.72 Å². The summed E-state index contributed by atoms with van der Waals surface area (Å²) in [5.74, 6) is 0.865. The third-order valence-electron chi connectivity index (χ3n) is 3.51. The second kappa shape index (κ2) is 7.46. The summed E-state index contributed by atoms with van der Waals surface area (Å²) < 4.78 is 25.7. The number of rotatable bonds is 7. The van der Waals surface area contributed by atoms with Crippen molar-refractivity contribution in [3.05, 3.63) is 54.2 Å². The van der Waals surface area contributed by atoms with Gasteiger partial charge in [0.2, 0.25) is 10.0 Å². The first kappa shape index (κ1) is 17.3. The van der Waals surface area contributed by atoms with Crippen LogP contribution in [-0.4, -0.2) is 25.2 Å². The number of aromatic nitrogens is 1. The van der Waals surface area contributed by atoms with Crippen LogP contribution in [0.15, 0.2) is 48.7 Å². The van der Waals surface area contributed by atoms with Crippen LogP contribution in [0.4, 0.5) is 11.5 Å². The summed E-state index contributed by atoms with van der Waals surface area (Å²) in [5.41, 5.74) is 1.69. The van der Waals surface area contributed by atoms with E-state index in [0.29, 0.717) is 5.69 Å². The first-order chi connectivity index (χ1) is 10.9. The molecule has 0 radical (unpaired) electrons. The fourth-order valence-corrected chi connectivity index (χ4v) is 2.80. The number of hydrogen-bond donors (Lipinski definition) is 1. The summed E-state index contributed by atoms with van der Waals surface area (Å²) in [5, 5.41) is 0. The number of sulfonamides is 1. The van der Waals surface area contributed by atoms with Gasteiger partial charge >= 0.3 is 0 Å². The van der Waals surface area contributed by atoms with Gasteiger partial charge in [0.1, 0.15) is 5.82 Å². The van der Waals surface area contributed by atoms with Crippen molar-refractivity contribution in [2.24, 2.45) is 0 Å². The molecule has 0 spiro atoms. The first-order valence-electron chi connectivity index (χ1n) is 7.68. The zero-order valence-corrected chi connectivity index (χ0v) is 14.5. The molecule has 23 heavy (non-hydrogen) atoms. The van der Waals surface area contributed by atoms with Gasteiger partial charge in [-0.15, -0.1) is 0 Å². The van der Waals surface area contributed by atoms with Crippen molar-refractivity contribution in [2.45, 2.75) is 33.4 Å². The van der Waals surface area contributed by atoms with Crippen LogP contribution in [-0.2, 0) is 16.6 Å². The van der Waals surface area contributed by atoms with Gasteiger partial charge in [0.15, 0.2) is 0 Å². The summed E-state index contributed by atoms with van der Waals surface area (Å²) in [6.07, 6.45) is 1.56. The van der Waals surface area contributed by atoms with Crippen molar-refractivity contribution < 1.29 is 8.42 Å². The fourth-order valence-electron chi connectivity index (χ4n) is 2.18. The Morgan fingerprint density at radius 3 is 2.35 bits per heavy atom. The molecular formula is C17H23N3O2S. The maximum Gasteiger partial charge on any atom is 0.232 e. The van der Waals surface area contributed by atoms with Gasteiger partial charge < -0.3 is 4.90 Å². The molecule has 0 unspecified atom stereocenters. The van der Waals surface area contributed by atoms with Gasteiger partial charge in [0.25, 0.3) is 0 Å². The van der Waals surface area contributed by atoms with Gasteiger partial charge in [-0.05, 0) is 38.5 Å². The number of hydrogen-bond acceptors (Lipinski definition) is 4. The van der Waals surface area contributed by atoms with Gasteiger partial charge in [-0.25, -0.2) is 13.4 Å². The van der Waals surface area contributed by atoms with E-state index in [1.165, 1.54) is 5.56 Å². The highest BCUT2D eigenvalue weighted by molar-refractivity contribution is 7.92. The highest BCUT2D eigenvalue weighted by Crippen LogP contribution is 2.20. The Kier molecular flexibility index (Phi) is 5.60. The molecule has 2 rings (SSSR count). The summed E-state index contributed by atoms with van der Waals surface area (Å²) >= 11 is 0. The van der Waals surface area contributed by atoms with E-state index in [2.05, 4.69) is 40.6 Å². The Balaban J connectivity index is 2.17. The summed E-state index contributed by atoms with van der Waals surface area (Å²) in [6.45, 7) is 6.58. The SMILES string of the molecule is CCS(=O)(=O)Nc1ccc(N(Cc2ccccc2)C(C)C)nc1. The average Bonchev–Trinajstić information content (AvgIpc) is 2.54. The zero-order valence-electron chi connectivity index (χ0n) is 13.7. The third kappa shape index (κ3) is 4.96. The van der Waals surface area contributed by atoms with Crippen LogP contribution in [0.2, 0.25) is 0 Å². The van der Waals surface area contributed by atoms with E-state index in [0.717, 1.165) is 12.4 Å². The minimum Gasteiger partial charge on any atom is -0.350 e. The van der Waals surface area contributed by atoms with Gasteiger partial charge in [0.05, 0.1) is 17.6 Å². The number of nitrogens with zero attached hydrogens (tertiary/aromatic N) is 2. The average molecular weight is 333 g/mol. The third-order valence-corrected chi connectivity index (χ3v) is 4.82. The lowest BCUT2D eigenvalue weighted by Crippen LogP contribution is -2.30. The number of pyridine rings is 1. The molecule has 0 fully saturated rings. The summed E-state index contributed by atoms with van der Waals surface area (Å²) in [6, 6.07) is 14.1. The summed E-state index contributed by atoms with van der Waals surface area (Å²) in [4.78, 5) is 6.59. The molecule has 124 valence electrons. The molecule has 0 saturated carbocycles. The van der Waals surface area contributed by atoms with Crippen LogP contribution in [0.1, 0.15) is 26.3 Å². The van der Waals surface area contributed by atoms with E-state index in [9.17, 15) is 8.42 Å². The van der Waals surface area contributed by atoms with E-state index in [1.807, 2.05) is 24.3 Å². The molecule has 0 aliphatic rings. The van der Waals surface area contributed by atoms with E-state index < -0.39 is 10.0 Å². The molecule has 2 aromatic rings. The molecule has 0 aliphatic heterocycles. The van der Waals surface area contributed by atoms with Crippen molar-refractivity contribution in [1.29, 1.82) is 0 Å². The maximum atomic E-state index is 11.6. The fraction of sp³-hybridized carbons (Fsp3) is 0.353. The predicted octanol–water partition coefficient (Wildman–Crippen LogP) is 3.26. The van der Waals surface area contributed by atoms with Crippen LogP contribution in [0.25, 0.3) is 0 Å². The van der Waals surface area contributed by atoms with Crippen LogP contribution < -0.4 is 9.62 Å². The molecule has 1 aromatic heterocycles. The zero-order chi connectivity index (χ0) is 16.9. The van der Waals surface area contributed by atoms with Gasteiger partial charge in [0, 0.05) is 12.6 Å². The molecule has 0 saturated heterocycles. The van der Waals surface area contributed by atoms with Crippen molar-refractivity contribution in [1.82, 2.24) is 4.98 Å². The summed E-state index contributed by atoms with van der Waals surface area (Å²) in [7, 11) is -3.27. The molecule has 0 atom stereocenters. The lowest BCUT2D eigenvalue weighted by Gasteiger charge is -2.28. The predicted molar refractivity (Wildman–Crippen MR) is 95.1 cm³/mol. The normalized spacial score (nSPS) is 11.5. The second-order valence-corrected chi connectivity index (χ2v) is 7.63. The number of nitrogens with one attached hydrogen (secondary N) is 1. The minimum absolute atomic E-state index is 0.0425. The highest BCUT2D eigenvalue weighted by atomic mass is 32.2. The Morgan fingerprint density at radius 2 is 1.83 bits per heavy atom. The van der Waals surface area contributed by atoms with E-state index in [4.69, 9.17) is 0 Å². The molecular weight excluding hydrogens is 310 g/mol. The molecule has 1 N–H and O–H groups in total.